The van der Waals surface area contributed by atoms with Crippen molar-refractivity contribution >= 4 is 22.6 Å². The quantitative estimate of drug-likeness (QED) is 0.895. The van der Waals surface area contributed by atoms with Crippen LogP contribution in [0.25, 0.3) is 10.9 Å². The van der Waals surface area contributed by atoms with Crippen molar-refractivity contribution in [2.45, 2.75) is 26.3 Å². The lowest BCUT2D eigenvalue weighted by Gasteiger charge is -2.23. The number of carbonyl (C=O) groups is 2. The van der Waals surface area contributed by atoms with E-state index in [1.54, 1.807) is 24.3 Å². The van der Waals surface area contributed by atoms with Gasteiger partial charge in [-0.15, -0.1) is 0 Å². The summed E-state index contributed by atoms with van der Waals surface area (Å²) in [5, 5.41) is 13.2. The molecule has 0 unspecified atom stereocenters. The van der Waals surface area contributed by atoms with Crippen molar-refractivity contribution in [1.82, 2.24) is 9.88 Å². The lowest BCUT2D eigenvalue weighted by atomic mass is 9.99. The molecule has 0 spiro atoms. The van der Waals surface area contributed by atoms with Crippen LogP contribution in [-0.2, 0) is 11.8 Å². The van der Waals surface area contributed by atoms with E-state index in [4.69, 9.17) is 0 Å². The Morgan fingerprint density at radius 2 is 1.82 bits per heavy atom. The van der Waals surface area contributed by atoms with E-state index < -0.39 is 17.0 Å². The molecule has 0 bridgehead atoms. The third kappa shape index (κ3) is 2.47. The van der Waals surface area contributed by atoms with Gasteiger partial charge in [0.05, 0.1) is 11.1 Å². The number of amides is 1. The van der Waals surface area contributed by atoms with E-state index in [0.29, 0.717) is 10.9 Å². The largest absolute Gasteiger partial charge is 0.506 e. The highest BCUT2D eigenvalue weighted by molar-refractivity contribution is 6.04. The average molecular weight is 302 g/mol. The van der Waals surface area contributed by atoms with Crippen molar-refractivity contribution < 1.29 is 14.7 Å². The first-order chi connectivity index (χ1) is 10.2. The maximum absolute atomic E-state index is 12.4. The van der Waals surface area contributed by atoms with Crippen LogP contribution in [0.1, 0.15) is 31.1 Å². The number of benzene rings is 1. The number of aromatic hydroxyl groups is 1. The van der Waals surface area contributed by atoms with Gasteiger partial charge in [-0.3, -0.25) is 14.4 Å². The molecule has 22 heavy (non-hydrogen) atoms. The molecule has 1 heterocycles. The minimum atomic E-state index is -1.12. The van der Waals surface area contributed by atoms with Crippen LogP contribution in [-0.4, -0.2) is 26.9 Å². The number of ketones is 1. The topological polar surface area (TPSA) is 88.4 Å². The van der Waals surface area contributed by atoms with Crippen LogP contribution in [0.15, 0.2) is 29.1 Å². The highest BCUT2D eigenvalue weighted by Crippen LogP contribution is 2.25. The van der Waals surface area contributed by atoms with Crippen LogP contribution >= 0.6 is 0 Å². The van der Waals surface area contributed by atoms with Crippen molar-refractivity contribution in [2.75, 3.05) is 0 Å². The number of nitrogens with zero attached hydrogens (tertiary/aromatic N) is 1. The van der Waals surface area contributed by atoms with Crippen molar-refractivity contribution in [3.8, 4) is 5.75 Å². The van der Waals surface area contributed by atoms with Crippen LogP contribution in [0.5, 0.6) is 5.75 Å². The summed E-state index contributed by atoms with van der Waals surface area (Å²) in [7, 11) is 1.52. The number of aryl methyl sites for hydroxylation is 1. The number of Topliss-reactive ketones (excluding diaryl/α,β-unsaturated/α-hetero) is 1. The molecule has 0 saturated carbocycles. The maximum atomic E-state index is 12.4. The molecule has 1 amide bonds. The summed E-state index contributed by atoms with van der Waals surface area (Å²) < 4.78 is 1.30. The van der Waals surface area contributed by atoms with E-state index in [9.17, 15) is 19.5 Å². The Bertz CT molecular complexity index is 834. The Morgan fingerprint density at radius 3 is 2.41 bits per heavy atom. The van der Waals surface area contributed by atoms with Crippen molar-refractivity contribution in [1.29, 1.82) is 0 Å². The summed E-state index contributed by atoms with van der Waals surface area (Å²) >= 11 is 0. The smallest absolute Gasteiger partial charge is 0.267 e. The Kier molecular flexibility index (Phi) is 3.79. The summed E-state index contributed by atoms with van der Waals surface area (Å²) in [5.74, 6) is -1.41. The Labute approximate surface area is 127 Å². The summed E-state index contributed by atoms with van der Waals surface area (Å²) in [4.78, 5) is 36.2. The number of para-hydroxylation sites is 1. The lowest BCUT2D eigenvalue weighted by molar-refractivity contribution is -0.121. The predicted molar refractivity (Wildman–Crippen MR) is 83.1 cm³/mol. The van der Waals surface area contributed by atoms with Gasteiger partial charge in [0.15, 0.2) is 5.78 Å². The number of aromatic nitrogens is 1. The first kappa shape index (κ1) is 15.8. The summed E-state index contributed by atoms with van der Waals surface area (Å²) in [5.41, 5.74) is -1.59. The molecule has 0 saturated heterocycles. The standard InChI is InChI=1S/C16H18N2O4/c1-9(19)16(2,3)17-14(21)12-13(20)10-7-5-6-8-11(10)18(4)15(12)22/h5-8,20H,1-4H3,(H,17,21). The summed E-state index contributed by atoms with van der Waals surface area (Å²) in [6, 6.07) is 6.74. The Balaban J connectivity index is 2.64. The van der Waals surface area contributed by atoms with E-state index in [2.05, 4.69) is 5.32 Å². The molecule has 1 aromatic carbocycles. The Morgan fingerprint density at radius 1 is 1.23 bits per heavy atom. The van der Waals surface area contributed by atoms with Crippen LogP contribution in [0.4, 0.5) is 0 Å². The highest BCUT2D eigenvalue weighted by Gasteiger charge is 2.29. The van der Waals surface area contributed by atoms with E-state index in [0.717, 1.165) is 0 Å². The van der Waals surface area contributed by atoms with Gasteiger partial charge in [-0.25, -0.2) is 0 Å². The normalized spacial score (nSPS) is 11.5. The van der Waals surface area contributed by atoms with Gasteiger partial charge >= 0.3 is 0 Å². The van der Waals surface area contributed by atoms with Gasteiger partial charge in [0.1, 0.15) is 11.3 Å². The number of hydrogen-bond acceptors (Lipinski definition) is 4. The fraction of sp³-hybridized carbons (Fsp3) is 0.312. The molecule has 0 aliphatic rings. The molecular weight excluding hydrogens is 284 g/mol. The zero-order chi connectivity index (χ0) is 16.7. The third-order valence-electron chi connectivity index (χ3n) is 3.81. The molecule has 6 heteroatoms. The SMILES string of the molecule is CC(=O)C(C)(C)NC(=O)c1c(O)c2ccccc2n(C)c1=O. The van der Waals surface area contributed by atoms with Crippen molar-refractivity contribution in [3.05, 3.63) is 40.2 Å². The molecule has 6 nitrogen and oxygen atoms in total. The number of hydrogen-bond donors (Lipinski definition) is 2. The number of carbonyl (C=O) groups excluding carboxylic acids is 2. The minimum absolute atomic E-state index is 0.252. The van der Waals surface area contributed by atoms with E-state index in [-0.39, 0.29) is 17.1 Å². The molecule has 0 aliphatic heterocycles. The molecule has 0 radical (unpaired) electrons. The van der Waals surface area contributed by atoms with Crippen LogP contribution in [0.3, 0.4) is 0 Å². The highest BCUT2D eigenvalue weighted by atomic mass is 16.3. The minimum Gasteiger partial charge on any atom is -0.506 e. The van der Waals surface area contributed by atoms with Crippen LogP contribution < -0.4 is 10.9 Å². The van der Waals surface area contributed by atoms with E-state index in [1.165, 1.54) is 32.4 Å². The molecule has 1 aromatic heterocycles. The van der Waals surface area contributed by atoms with Crippen LogP contribution in [0.2, 0.25) is 0 Å². The summed E-state index contributed by atoms with van der Waals surface area (Å²) in [6.45, 7) is 4.42. The molecule has 2 N–H and O–H groups in total. The Hall–Kier alpha value is -2.63. The fourth-order valence-electron chi connectivity index (χ4n) is 2.12. The molecule has 116 valence electrons. The fourth-order valence-corrected chi connectivity index (χ4v) is 2.12. The number of fused-ring (bicyclic) bond motifs is 1. The van der Waals surface area contributed by atoms with Gasteiger partial charge in [0.25, 0.3) is 11.5 Å². The second-order valence-corrected chi connectivity index (χ2v) is 5.74. The maximum Gasteiger partial charge on any atom is 0.267 e. The molecular formula is C16H18N2O4. The zero-order valence-electron chi connectivity index (χ0n) is 12.9. The van der Waals surface area contributed by atoms with Gasteiger partial charge in [0.2, 0.25) is 0 Å². The molecule has 0 fully saturated rings. The predicted octanol–water partition coefficient (Wildman–Crippen LogP) is 1.34. The second-order valence-electron chi connectivity index (χ2n) is 5.74. The summed E-state index contributed by atoms with van der Waals surface area (Å²) in [6.07, 6.45) is 0. The van der Waals surface area contributed by atoms with E-state index >= 15 is 0 Å². The van der Waals surface area contributed by atoms with Gasteiger partial charge in [-0.05, 0) is 32.9 Å². The zero-order valence-corrected chi connectivity index (χ0v) is 12.9. The average Bonchev–Trinajstić information content (AvgIpc) is 2.44. The number of pyridine rings is 1. The van der Waals surface area contributed by atoms with E-state index in [1.807, 2.05) is 0 Å². The van der Waals surface area contributed by atoms with Gasteiger partial charge in [-0.2, -0.15) is 0 Å². The molecule has 0 aliphatic carbocycles. The van der Waals surface area contributed by atoms with Crippen LogP contribution in [0, 0.1) is 0 Å². The van der Waals surface area contributed by atoms with Gasteiger partial charge in [0, 0.05) is 12.4 Å². The number of rotatable bonds is 3. The van der Waals surface area contributed by atoms with Gasteiger partial charge < -0.3 is 15.0 Å². The number of nitrogens with one attached hydrogen (secondary N) is 1. The second kappa shape index (κ2) is 5.29. The van der Waals surface area contributed by atoms with Crippen molar-refractivity contribution in [2.24, 2.45) is 7.05 Å². The first-order valence-corrected chi connectivity index (χ1v) is 6.81. The first-order valence-electron chi connectivity index (χ1n) is 6.81. The molecule has 2 rings (SSSR count). The van der Waals surface area contributed by atoms with Crippen molar-refractivity contribution in [3.63, 3.8) is 0 Å². The van der Waals surface area contributed by atoms with Gasteiger partial charge in [-0.1, -0.05) is 12.1 Å². The third-order valence-corrected chi connectivity index (χ3v) is 3.81. The lowest BCUT2D eigenvalue weighted by Crippen LogP contribution is -2.50. The molecule has 0 atom stereocenters. The molecule has 2 aromatic rings. The monoisotopic (exact) mass is 302 g/mol.